The van der Waals surface area contributed by atoms with Crippen molar-refractivity contribution in [3.8, 4) is 11.5 Å². The van der Waals surface area contributed by atoms with Crippen molar-refractivity contribution >= 4 is 27.5 Å². The van der Waals surface area contributed by atoms with Crippen LogP contribution in [0.4, 0.5) is 4.39 Å². The topological polar surface area (TPSA) is 65.4 Å². The molecule has 0 bridgehead atoms. The maximum Gasteiger partial charge on any atom is 0.261 e. The number of nitrogens with one attached hydrogen (secondary N) is 1. The molecule has 0 saturated heterocycles. The molecule has 4 aromatic rings. The zero-order valence-corrected chi connectivity index (χ0v) is 18.3. The van der Waals surface area contributed by atoms with Gasteiger partial charge in [0.2, 0.25) is 0 Å². The number of ether oxygens (including phenoxy) is 2. The van der Waals surface area contributed by atoms with Crippen molar-refractivity contribution in [3.63, 3.8) is 0 Å². The van der Waals surface area contributed by atoms with E-state index in [2.05, 4.69) is 10.4 Å². The van der Waals surface area contributed by atoms with Crippen molar-refractivity contribution in [2.75, 3.05) is 14.2 Å². The predicted molar refractivity (Wildman–Crippen MR) is 119 cm³/mol. The molecule has 0 aliphatic heterocycles. The molecular weight excluding hydrogens is 417 g/mol. The highest BCUT2D eigenvalue weighted by Crippen LogP contribution is 2.30. The molecule has 8 heteroatoms. The first-order valence-electron chi connectivity index (χ1n) is 9.69. The number of aromatic nitrogens is 2. The van der Waals surface area contributed by atoms with E-state index >= 15 is 0 Å². The van der Waals surface area contributed by atoms with Gasteiger partial charge in [0.25, 0.3) is 5.91 Å². The molecule has 0 radical (unpaired) electrons. The van der Waals surface area contributed by atoms with Crippen LogP contribution in [-0.2, 0) is 13.1 Å². The molecule has 0 saturated carbocycles. The largest absolute Gasteiger partial charge is 0.493 e. The molecular formula is C23H22FN3O3S. The molecule has 2 heterocycles. The van der Waals surface area contributed by atoms with Gasteiger partial charge >= 0.3 is 0 Å². The summed E-state index contributed by atoms with van der Waals surface area (Å²) >= 11 is 1.39. The van der Waals surface area contributed by atoms with Gasteiger partial charge < -0.3 is 14.8 Å². The molecule has 0 aliphatic carbocycles. The van der Waals surface area contributed by atoms with E-state index in [4.69, 9.17) is 9.47 Å². The van der Waals surface area contributed by atoms with E-state index in [-0.39, 0.29) is 11.7 Å². The second-order valence-corrected chi connectivity index (χ2v) is 8.10. The first-order chi connectivity index (χ1) is 15.0. The van der Waals surface area contributed by atoms with Crippen molar-refractivity contribution < 1.29 is 18.7 Å². The van der Waals surface area contributed by atoms with E-state index in [1.807, 2.05) is 35.9 Å². The SMILES string of the molecule is COc1ccc(CNC(=O)c2cc3c(C)nn(Cc4ccc(F)cc4)c3s2)cc1OC. The summed E-state index contributed by atoms with van der Waals surface area (Å²) in [6.45, 7) is 2.80. The minimum Gasteiger partial charge on any atom is -0.493 e. The van der Waals surface area contributed by atoms with Crippen LogP contribution in [0, 0.1) is 12.7 Å². The minimum absolute atomic E-state index is 0.149. The standard InChI is InChI=1S/C23H22FN3O3S/c1-14-18-11-21(22(28)25-12-16-6-9-19(29-2)20(10-16)30-3)31-23(18)27(26-14)13-15-4-7-17(24)8-5-15/h4-11H,12-13H2,1-3H3,(H,25,28). The number of halogens is 1. The van der Waals surface area contributed by atoms with E-state index in [9.17, 15) is 9.18 Å². The molecule has 1 amide bonds. The maximum atomic E-state index is 13.2. The molecule has 1 N–H and O–H groups in total. The van der Waals surface area contributed by atoms with E-state index in [1.165, 1.54) is 23.5 Å². The number of amides is 1. The fraction of sp³-hybridized carbons (Fsp3) is 0.217. The lowest BCUT2D eigenvalue weighted by atomic mass is 10.2. The van der Waals surface area contributed by atoms with Crippen LogP contribution in [0.5, 0.6) is 11.5 Å². The molecule has 0 fully saturated rings. The lowest BCUT2D eigenvalue weighted by Gasteiger charge is -2.10. The summed E-state index contributed by atoms with van der Waals surface area (Å²) in [5, 5.41) is 8.47. The number of hydrogen-bond donors (Lipinski definition) is 1. The van der Waals surface area contributed by atoms with Crippen LogP contribution in [0.1, 0.15) is 26.5 Å². The number of nitrogens with zero attached hydrogens (tertiary/aromatic N) is 2. The monoisotopic (exact) mass is 439 g/mol. The summed E-state index contributed by atoms with van der Waals surface area (Å²) in [6, 6.07) is 13.8. The average molecular weight is 440 g/mol. The van der Waals surface area contributed by atoms with Gasteiger partial charge in [0.15, 0.2) is 11.5 Å². The minimum atomic E-state index is -0.268. The Morgan fingerprint density at radius 3 is 2.48 bits per heavy atom. The number of thiophene rings is 1. The molecule has 4 rings (SSSR count). The normalized spacial score (nSPS) is 11.0. The molecule has 6 nitrogen and oxygen atoms in total. The van der Waals surface area contributed by atoms with Crippen molar-refractivity contribution in [1.29, 1.82) is 0 Å². The smallest absolute Gasteiger partial charge is 0.261 e. The second kappa shape index (κ2) is 8.77. The van der Waals surface area contributed by atoms with Gasteiger partial charge in [0.1, 0.15) is 10.6 Å². The van der Waals surface area contributed by atoms with E-state index in [0.717, 1.165) is 27.0 Å². The number of benzene rings is 2. The zero-order chi connectivity index (χ0) is 22.0. The highest BCUT2D eigenvalue weighted by Gasteiger charge is 2.17. The van der Waals surface area contributed by atoms with Crippen LogP contribution in [0.25, 0.3) is 10.2 Å². The van der Waals surface area contributed by atoms with Crippen LogP contribution in [0.15, 0.2) is 48.5 Å². The Kier molecular flexibility index (Phi) is 5.90. The van der Waals surface area contributed by atoms with Crippen LogP contribution < -0.4 is 14.8 Å². The lowest BCUT2D eigenvalue weighted by Crippen LogP contribution is -2.21. The van der Waals surface area contributed by atoms with Crippen molar-refractivity contribution in [2.45, 2.75) is 20.0 Å². The third kappa shape index (κ3) is 4.39. The molecule has 160 valence electrons. The summed E-state index contributed by atoms with van der Waals surface area (Å²) in [5.41, 5.74) is 2.71. The third-order valence-corrected chi connectivity index (χ3v) is 6.12. The summed E-state index contributed by atoms with van der Waals surface area (Å²) in [7, 11) is 3.16. The fourth-order valence-electron chi connectivity index (χ4n) is 3.35. The lowest BCUT2D eigenvalue weighted by molar-refractivity contribution is 0.0955. The van der Waals surface area contributed by atoms with Crippen LogP contribution in [0.2, 0.25) is 0 Å². The van der Waals surface area contributed by atoms with Gasteiger partial charge in [0, 0.05) is 11.9 Å². The average Bonchev–Trinajstić information content (AvgIpc) is 3.34. The Morgan fingerprint density at radius 2 is 1.77 bits per heavy atom. The number of carbonyl (C=O) groups excluding carboxylic acids is 1. The van der Waals surface area contributed by atoms with Crippen molar-refractivity contribution in [3.05, 3.63) is 76.0 Å². The fourth-order valence-corrected chi connectivity index (χ4v) is 4.43. The quantitative estimate of drug-likeness (QED) is 0.459. The summed E-state index contributed by atoms with van der Waals surface area (Å²) in [6.07, 6.45) is 0. The second-order valence-electron chi connectivity index (χ2n) is 7.07. The summed E-state index contributed by atoms with van der Waals surface area (Å²) < 4.78 is 25.6. The zero-order valence-electron chi connectivity index (χ0n) is 17.4. The van der Waals surface area contributed by atoms with Gasteiger partial charge in [-0.3, -0.25) is 9.48 Å². The summed E-state index contributed by atoms with van der Waals surface area (Å²) in [4.78, 5) is 14.3. The molecule has 2 aromatic heterocycles. The molecule has 31 heavy (non-hydrogen) atoms. The number of methoxy groups -OCH3 is 2. The van der Waals surface area contributed by atoms with Gasteiger partial charge in [-0.05, 0) is 48.4 Å². The third-order valence-electron chi connectivity index (χ3n) is 4.98. The van der Waals surface area contributed by atoms with E-state index in [0.29, 0.717) is 29.5 Å². The van der Waals surface area contributed by atoms with Gasteiger partial charge in [-0.15, -0.1) is 11.3 Å². The Morgan fingerprint density at radius 1 is 1.06 bits per heavy atom. The van der Waals surface area contributed by atoms with E-state index < -0.39 is 0 Å². The highest BCUT2D eigenvalue weighted by molar-refractivity contribution is 7.20. The van der Waals surface area contributed by atoms with Gasteiger partial charge in [-0.2, -0.15) is 5.10 Å². The molecule has 2 aromatic carbocycles. The Balaban J connectivity index is 1.50. The Hall–Kier alpha value is -3.39. The number of carbonyl (C=O) groups is 1. The first kappa shape index (κ1) is 20.9. The Bertz CT molecular complexity index is 1230. The number of fused-ring (bicyclic) bond motifs is 1. The highest BCUT2D eigenvalue weighted by atomic mass is 32.1. The molecule has 0 aliphatic rings. The molecule has 0 unspecified atom stereocenters. The van der Waals surface area contributed by atoms with Crippen LogP contribution in [-0.4, -0.2) is 29.9 Å². The van der Waals surface area contributed by atoms with Gasteiger partial charge in [-0.25, -0.2) is 4.39 Å². The predicted octanol–water partition coefficient (Wildman–Crippen LogP) is 4.54. The molecule has 0 spiro atoms. The maximum absolute atomic E-state index is 13.2. The van der Waals surface area contributed by atoms with Gasteiger partial charge in [-0.1, -0.05) is 18.2 Å². The number of rotatable bonds is 7. The van der Waals surface area contributed by atoms with E-state index in [1.54, 1.807) is 26.4 Å². The number of hydrogen-bond acceptors (Lipinski definition) is 5. The number of aryl methyl sites for hydroxylation is 1. The first-order valence-corrected chi connectivity index (χ1v) is 10.5. The van der Waals surface area contributed by atoms with Gasteiger partial charge in [0.05, 0.1) is 31.3 Å². The summed E-state index contributed by atoms with van der Waals surface area (Å²) in [5.74, 6) is 0.842. The van der Waals surface area contributed by atoms with Crippen molar-refractivity contribution in [2.24, 2.45) is 0 Å². The van der Waals surface area contributed by atoms with Crippen LogP contribution in [0.3, 0.4) is 0 Å². The van der Waals surface area contributed by atoms with Crippen LogP contribution >= 0.6 is 11.3 Å². The Labute approximate surface area is 183 Å². The molecule has 0 atom stereocenters. The van der Waals surface area contributed by atoms with Crippen molar-refractivity contribution in [1.82, 2.24) is 15.1 Å².